The third-order valence-electron chi connectivity index (χ3n) is 4.95. The van der Waals surface area contributed by atoms with Crippen molar-refractivity contribution in [1.82, 2.24) is 9.80 Å². The first-order chi connectivity index (χ1) is 10.7. The second kappa shape index (κ2) is 7.10. The summed E-state index contributed by atoms with van der Waals surface area (Å²) in [5, 5.41) is 0. The second-order valence-corrected chi connectivity index (χ2v) is 7.98. The van der Waals surface area contributed by atoms with E-state index in [-0.39, 0.29) is 5.41 Å². The van der Waals surface area contributed by atoms with E-state index < -0.39 is 0 Å². The molecule has 4 heteroatoms. The van der Waals surface area contributed by atoms with Gasteiger partial charge >= 0.3 is 0 Å². The van der Waals surface area contributed by atoms with Crippen LogP contribution < -0.4 is 10.5 Å². The summed E-state index contributed by atoms with van der Waals surface area (Å²) < 4.78 is 5.58. The smallest absolute Gasteiger partial charge is 0.146 e. The lowest BCUT2D eigenvalue weighted by Gasteiger charge is -2.35. The molecule has 0 aromatic heterocycles. The Hall–Kier alpha value is -1.26. The van der Waals surface area contributed by atoms with Crippen LogP contribution in [0.15, 0.2) is 12.1 Å². The highest BCUT2D eigenvalue weighted by Crippen LogP contribution is 2.34. The third kappa shape index (κ3) is 4.39. The molecule has 0 atom stereocenters. The summed E-state index contributed by atoms with van der Waals surface area (Å²) in [4.78, 5) is 4.86. The molecule has 1 fully saturated rings. The van der Waals surface area contributed by atoms with Crippen LogP contribution in [0.25, 0.3) is 0 Å². The Morgan fingerprint density at radius 2 is 1.83 bits per heavy atom. The maximum Gasteiger partial charge on any atom is 0.146 e. The van der Waals surface area contributed by atoms with Crippen molar-refractivity contribution in [1.29, 1.82) is 0 Å². The fraction of sp³-hybridized carbons (Fsp3) is 0.684. The van der Waals surface area contributed by atoms with Crippen LogP contribution in [0.1, 0.15) is 44.7 Å². The standard InChI is InChI=1S/C19H33N3O/c1-19(2,3)15-11-14(18(23-6)17(20)12-15)13-22-9-7-16(8-10-22)21(4)5/h11-12,16H,7-10,13,20H2,1-6H3. The summed E-state index contributed by atoms with van der Waals surface area (Å²) in [6.07, 6.45) is 2.45. The van der Waals surface area contributed by atoms with Gasteiger partial charge in [-0.1, -0.05) is 26.8 Å². The zero-order valence-electron chi connectivity index (χ0n) is 15.6. The lowest BCUT2D eigenvalue weighted by atomic mass is 9.85. The average Bonchev–Trinajstić information content (AvgIpc) is 2.46. The van der Waals surface area contributed by atoms with Gasteiger partial charge in [-0.3, -0.25) is 4.90 Å². The molecule has 2 N–H and O–H groups in total. The number of methoxy groups -OCH3 is 1. The molecule has 23 heavy (non-hydrogen) atoms. The van der Waals surface area contributed by atoms with E-state index in [1.54, 1.807) is 7.11 Å². The normalized spacial score (nSPS) is 17.7. The van der Waals surface area contributed by atoms with Gasteiger partial charge in [0, 0.05) is 18.2 Å². The Kier molecular flexibility index (Phi) is 5.58. The van der Waals surface area contributed by atoms with Gasteiger partial charge in [-0.15, -0.1) is 0 Å². The molecule has 0 aliphatic carbocycles. The van der Waals surface area contributed by atoms with Gasteiger partial charge in [-0.05, 0) is 57.1 Å². The molecule has 0 spiro atoms. The first-order valence-corrected chi connectivity index (χ1v) is 8.58. The zero-order chi connectivity index (χ0) is 17.2. The summed E-state index contributed by atoms with van der Waals surface area (Å²) >= 11 is 0. The molecule has 1 aromatic rings. The fourth-order valence-electron chi connectivity index (χ4n) is 3.35. The number of piperidine rings is 1. The minimum Gasteiger partial charge on any atom is -0.494 e. The van der Waals surface area contributed by atoms with E-state index in [1.165, 1.54) is 24.0 Å². The predicted octanol–water partition coefficient (Wildman–Crippen LogP) is 3.10. The quantitative estimate of drug-likeness (QED) is 0.866. The minimum atomic E-state index is 0.0903. The molecule has 1 aliphatic heterocycles. The van der Waals surface area contributed by atoms with Crippen LogP contribution in [-0.4, -0.2) is 50.1 Å². The number of nitrogens with zero attached hydrogens (tertiary/aromatic N) is 2. The number of ether oxygens (including phenoxy) is 1. The molecule has 0 amide bonds. The van der Waals surface area contributed by atoms with E-state index in [2.05, 4.69) is 56.8 Å². The second-order valence-electron chi connectivity index (χ2n) is 7.98. The number of nitrogen functional groups attached to an aromatic ring is 1. The Morgan fingerprint density at radius 1 is 1.22 bits per heavy atom. The minimum absolute atomic E-state index is 0.0903. The molecule has 0 unspecified atom stereocenters. The van der Waals surface area contributed by atoms with Crippen LogP contribution in [0.5, 0.6) is 5.75 Å². The van der Waals surface area contributed by atoms with Crippen molar-refractivity contribution < 1.29 is 4.74 Å². The molecular formula is C19H33N3O. The zero-order valence-corrected chi connectivity index (χ0v) is 15.6. The summed E-state index contributed by atoms with van der Waals surface area (Å²) in [5.41, 5.74) is 9.57. The van der Waals surface area contributed by atoms with Crippen molar-refractivity contribution in [2.45, 2.75) is 51.6 Å². The van der Waals surface area contributed by atoms with Gasteiger partial charge in [0.1, 0.15) is 5.75 Å². The van der Waals surface area contributed by atoms with E-state index >= 15 is 0 Å². The molecular weight excluding hydrogens is 286 g/mol. The topological polar surface area (TPSA) is 41.7 Å². The molecule has 1 heterocycles. The summed E-state index contributed by atoms with van der Waals surface area (Å²) in [6.45, 7) is 9.84. The lowest BCUT2D eigenvalue weighted by molar-refractivity contribution is 0.139. The van der Waals surface area contributed by atoms with E-state index in [9.17, 15) is 0 Å². The number of anilines is 1. The van der Waals surface area contributed by atoms with Crippen molar-refractivity contribution in [3.05, 3.63) is 23.3 Å². The summed E-state index contributed by atoms with van der Waals surface area (Å²) in [6, 6.07) is 5.03. The number of nitrogens with two attached hydrogens (primary N) is 1. The van der Waals surface area contributed by atoms with Crippen molar-refractivity contribution in [3.8, 4) is 5.75 Å². The monoisotopic (exact) mass is 319 g/mol. The van der Waals surface area contributed by atoms with Gasteiger partial charge in [0.2, 0.25) is 0 Å². The third-order valence-corrected chi connectivity index (χ3v) is 4.95. The van der Waals surface area contributed by atoms with E-state index in [1.807, 2.05) is 0 Å². The first kappa shape index (κ1) is 18.1. The van der Waals surface area contributed by atoms with Gasteiger partial charge in [0.05, 0.1) is 12.8 Å². The van der Waals surface area contributed by atoms with Gasteiger partial charge in [-0.25, -0.2) is 0 Å². The largest absolute Gasteiger partial charge is 0.494 e. The first-order valence-electron chi connectivity index (χ1n) is 8.58. The van der Waals surface area contributed by atoms with Crippen molar-refractivity contribution in [2.24, 2.45) is 0 Å². The molecule has 2 rings (SSSR count). The van der Waals surface area contributed by atoms with E-state index in [0.29, 0.717) is 6.04 Å². The van der Waals surface area contributed by atoms with Gasteiger partial charge in [-0.2, -0.15) is 0 Å². The highest BCUT2D eigenvalue weighted by molar-refractivity contribution is 5.60. The van der Waals surface area contributed by atoms with Crippen LogP contribution in [0.3, 0.4) is 0 Å². The molecule has 4 nitrogen and oxygen atoms in total. The predicted molar refractivity (Wildman–Crippen MR) is 98.1 cm³/mol. The number of benzene rings is 1. The van der Waals surface area contributed by atoms with Gasteiger partial charge in [0.15, 0.2) is 0 Å². The number of hydrogen-bond donors (Lipinski definition) is 1. The molecule has 1 saturated heterocycles. The lowest BCUT2D eigenvalue weighted by Crippen LogP contribution is -2.41. The van der Waals surface area contributed by atoms with Crippen molar-refractivity contribution in [3.63, 3.8) is 0 Å². The number of rotatable bonds is 4. The number of hydrogen-bond acceptors (Lipinski definition) is 4. The Morgan fingerprint density at radius 3 is 2.30 bits per heavy atom. The van der Waals surface area contributed by atoms with Crippen molar-refractivity contribution in [2.75, 3.05) is 40.0 Å². The molecule has 1 aromatic carbocycles. The van der Waals surface area contributed by atoms with Crippen LogP contribution in [0.2, 0.25) is 0 Å². The van der Waals surface area contributed by atoms with E-state index in [0.717, 1.165) is 31.1 Å². The van der Waals surface area contributed by atoms with Gasteiger partial charge in [0.25, 0.3) is 0 Å². The average molecular weight is 319 g/mol. The SMILES string of the molecule is COc1c(N)cc(C(C)(C)C)cc1CN1CCC(N(C)C)CC1. The molecule has 130 valence electrons. The maximum atomic E-state index is 6.25. The van der Waals surface area contributed by atoms with Crippen molar-refractivity contribution >= 4 is 5.69 Å². The molecule has 0 radical (unpaired) electrons. The molecule has 0 saturated carbocycles. The highest BCUT2D eigenvalue weighted by atomic mass is 16.5. The van der Waals surface area contributed by atoms with Crippen LogP contribution in [0, 0.1) is 0 Å². The molecule has 0 bridgehead atoms. The van der Waals surface area contributed by atoms with E-state index in [4.69, 9.17) is 10.5 Å². The Labute approximate surface area is 141 Å². The Bertz CT molecular complexity index is 526. The van der Waals surface area contributed by atoms with Crippen LogP contribution in [0.4, 0.5) is 5.69 Å². The maximum absolute atomic E-state index is 6.25. The Balaban J connectivity index is 2.17. The van der Waals surface area contributed by atoms with Crippen LogP contribution >= 0.6 is 0 Å². The molecule has 1 aliphatic rings. The van der Waals surface area contributed by atoms with Crippen LogP contribution in [-0.2, 0) is 12.0 Å². The fourth-order valence-corrected chi connectivity index (χ4v) is 3.35. The number of likely N-dealkylation sites (tertiary alicyclic amines) is 1. The van der Waals surface area contributed by atoms with Gasteiger partial charge < -0.3 is 15.4 Å². The summed E-state index contributed by atoms with van der Waals surface area (Å²) in [7, 11) is 6.07. The highest BCUT2D eigenvalue weighted by Gasteiger charge is 2.23. The summed E-state index contributed by atoms with van der Waals surface area (Å²) in [5.74, 6) is 0.840.